The van der Waals surface area contributed by atoms with Gasteiger partial charge in [-0.1, -0.05) is 12.1 Å². The lowest BCUT2D eigenvalue weighted by atomic mass is 10.2. The molecule has 0 aliphatic rings. The standard InChI is InChI=1S/C13H15F2NO/c1-3-4-10(2)16-9-11-5-7-12(8-6-11)17-13(14)15/h1,5-8,10,13,16H,4,9H2,2H3. The number of rotatable bonds is 6. The summed E-state index contributed by atoms with van der Waals surface area (Å²) in [5, 5.41) is 3.23. The van der Waals surface area contributed by atoms with Crippen LogP contribution < -0.4 is 10.1 Å². The molecule has 17 heavy (non-hydrogen) atoms. The van der Waals surface area contributed by atoms with Gasteiger partial charge in [0.05, 0.1) is 0 Å². The van der Waals surface area contributed by atoms with Gasteiger partial charge in [0.1, 0.15) is 5.75 Å². The number of ether oxygens (including phenoxy) is 1. The van der Waals surface area contributed by atoms with Crippen LogP contribution in [-0.4, -0.2) is 12.7 Å². The van der Waals surface area contributed by atoms with Crippen LogP contribution in [0.5, 0.6) is 5.75 Å². The van der Waals surface area contributed by atoms with E-state index < -0.39 is 6.61 Å². The average molecular weight is 239 g/mol. The van der Waals surface area contributed by atoms with Crippen LogP contribution in [0.4, 0.5) is 8.78 Å². The van der Waals surface area contributed by atoms with Crippen molar-refractivity contribution in [3.8, 4) is 18.1 Å². The highest BCUT2D eigenvalue weighted by Crippen LogP contribution is 2.14. The number of benzene rings is 1. The number of hydrogen-bond donors (Lipinski definition) is 1. The smallest absolute Gasteiger partial charge is 0.387 e. The third kappa shape index (κ3) is 5.32. The Bertz CT molecular complexity index is 370. The van der Waals surface area contributed by atoms with Crippen LogP contribution in [0.2, 0.25) is 0 Å². The Labute approximate surface area is 100.0 Å². The van der Waals surface area contributed by atoms with Crippen LogP contribution in [0.1, 0.15) is 18.9 Å². The molecule has 0 aromatic heterocycles. The normalized spacial score (nSPS) is 12.2. The molecular formula is C13H15F2NO. The summed E-state index contributed by atoms with van der Waals surface area (Å²) in [5.41, 5.74) is 0.996. The van der Waals surface area contributed by atoms with Gasteiger partial charge in [0.25, 0.3) is 0 Å². The van der Waals surface area contributed by atoms with Crippen molar-refractivity contribution in [1.29, 1.82) is 0 Å². The zero-order valence-corrected chi connectivity index (χ0v) is 9.62. The molecule has 0 fully saturated rings. The van der Waals surface area contributed by atoms with Gasteiger partial charge in [-0.2, -0.15) is 8.78 Å². The fourth-order valence-electron chi connectivity index (χ4n) is 1.33. The van der Waals surface area contributed by atoms with Crippen molar-refractivity contribution in [2.75, 3.05) is 0 Å². The van der Waals surface area contributed by atoms with E-state index in [0.29, 0.717) is 13.0 Å². The number of nitrogens with one attached hydrogen (secondary N) is 1. The van der Waals surface area contributed by atoms with Gasteiger partial charge in [-0.3, -0.25) is 0 Å². The van der Waals surface area contributed by atoms with Crippen LogP contribution >= 0.6 is 0 Å². The van der Waals surface area contributed by atoms with Gasteiger partial charge in [0, 0.05) is 19.0 Å². The van der Waals surface area contributed by atoms with E-state index in [1.807, 2.05) is 6.92 Å². The fourth-order valence-corrected chi connectivity index (χ4v) is 1.33. The van der Waals surface area contributed by atoms with Gasteiger partial charge in [-0.05, 0) is 24.6 Å². The first-order chi connectivity index (χ1) is 8.11. The van der Waals surface area contributed by atoms with Gasteiger partial charge < -0.3 is 10.1 Å². The van der Waals surface area contributed by atoms with E-state index in [1.165, 1.54) is 12.1 Å². The largest absolute Gasteiger partial charge is 0.435 e. The van der Waals surface area contributed by atoms with Crippen molar-refractivity contribution in [3.05, 3.63) is 29.8 Å². The van der Waals surface area contributed by atoms with Crippen molar-refractivity contribution in [1.82, 2.24) is 5.32 Å². The van der Waals surface area contributed by atoms with Gasteiger partial charge in [-0.25, -0.2) is 0 Å². The van der Waals surface area contributed by atoms with Crippen LogP contribution in [0.15, 0.2) is 24.3 Å². The second kappa shape index (κ2) is 6.87. The van der Waals surface area contributed by atoms with E-state index in [1.54, 1.807) is 12.1 Å². The SMILES string of the molecule is C#CCC(C)NCc1ccc(OC(F)F)cc1. The molecule has 1 aromatic carbocycles. The zero-order valence-electron chi connectivity index (χ0n) is 9.62. The maximum Gasteiger partial charge on any atom is 0.387 e. The lowest BCUT2D eigenvalue weighted by molar-refractivity contribution is -0.0498. The molecule has 1 N–H and O–H groups in total. The highest BCUT2D eigenvalue weighted by molar-refractivity contribution is 5.27. The predicted octanol–water partition coefficient (Wildman–Crippen LogP) is 2.79. The van der Waals surface area contributed by atoms with E-state index in [2.05, 4.69) is 16.0 Å². The van der Waals surface area contributed by atoms with E-state index >= 15 is 0 Å². The van der Waals surface area contributed by atoms with Gasteiger partial charge in [-0.15, -0.1) is 12.3 Å². The Balaban J connectivity index is 2.43. The third-order valence-corrected chi connectivity index (χ3v) is 2.23. The summed E-state index contributed by atoms with van der Waals surface area (Å²) in [6, 6.07) is 6.77. The maximum absolute atomic E-state index is 11.9. The highest BCUT2D eigenvalue weighted by Gasteiger charge is 2.04. The van der Waals surface area contributed by atoms with E-state index in [0.717, 1.165) is 5.56 Å². The summed E-state index contributed by atoms with van der Waals surface area (Å²) in [6.07, 6.45) is 5.85. The van der Waals surface area contributed by atoms with Crippen LogP contribution in [0.3, 0.4) is 0 Å². The highest BCUT2D eigenvalue weighted by atomic mass is 19.3. The topological polar surface area (TPSA) is 21.3 Å². The Hall–Kier alpha value is -1.60. The molecular weight excluding hydrogens is 224 g/mol. The lowest BCUT2D eigenvalue weighted by Crippen LogP contribution is -2.24. The van der Waals surface area contributed by atoms with E-state index in [4.69, 9.17) is 6.42 Å². The molecule has 1 unspecified atom stereocenters. The molecule has 0 aliphatic carbocycles. The molecule has 0 aliphatic heterocycles. The minimum absolute atomic E-state index is 0.167. The summed E-state index contributed by atoms with van der Waals surface area (Å²) in [7, 11) is 0. The number of hydrogen-bond acceptors (Lipinski definition) is 2. The zero-order chi connectivity index (χ0) is 12.7. The minimum atomic E-state index is -2.78. The lowest BCUT2D eigenvalue weighted by Gasteiger charge is -2.11. The van der Waals surface area contributed by atoms with E-state index in [-0.39, 0.29) is 11.8 Å². The molecule has 1 rings (SSSR count). The summed E-state index contributed by atoms with van der Waals surface area (Å²) in [6.45, 7) is -0.138. The average Bonchev–Trinajstić information content (AvgIpc) is 2.28. The summed E-state index contributed by atoms with van der Waals surface area (Å²) < 4.78 is 28.1. The molecule has 0 bridgehead atoms. The second-order valence-corrected chi connectivity index (χ2v) is 3.71. The minimum Gasteiger partial charge on any atom is -0.435 e. The van der Waals surface area contributed by atoms with Gasteiger partial charge >= 0.3 is 6.61 Å². The Morgan fingerprint density at radius 1 is 1.35 bits per heavy atom. The first kappa shape index (κ1) is 13.5. The molecule has 0 heterocycles. The third-order valence-electron chi connectivity index (χ3n) is 2.23. The van der Waals surface area contributed by atoms with Crippen LogP contribution in [-0.2, 0) is 6.54 Å². The molecule has 4 heteroatoms. The Kier molecular flexibility index (Phi) is 5.44. The van der Waals surface area contributed by atoms with Gasteiger partial charge in [0.2, 0.25) is 0 Å². The van der Waals surface area contributed by atoms with Crippen LogP contribution in [0, 0.1) is 12.3 Å². The first-order valence-corrected chi connectivity index (χ1v) is 5.32. The van der Waals surface area contributed by atoms with Crippen molar-refractivity contribution in [2.24, 2.45) is 0 Å². The molecule has 0 saturated carbocycles. The molecule has 1 aromatic rings. The Morgan fingerprint density at radius 3 is 2.53 bits per heavy atom. The van der Waals surface area contributed by atoms with Crippen molar-refractivity contribution < 1.29 is 13.5 Å². The fraction of sp³-hybridized carbons (Fsp3) is 0.385. The van der Waals surface area contributed by atoms with Crippen molar-refractivity contribution in [2.45, 2.75) is 32.5 Å². The molecule has 2 nitrogen and oxygen atoms in total. The number of halogens is 2. The van der Waals surface area contributed by atoms with Crippen molar-refractivity contribution >= 4 is 0 Å². The first-order valence-electron chi connectivity index (χ1n) is 5.32. The summed E-state index contributed by atoms with van der Waals surface area (Å²) in [4.78, 5) is 0. The molecule has 1 atom stereocenters. The second-order valence-electron chi connectivity index (χ2n) is 3.71. The van der Waals surface area contributed by atoms with Crippen LogP contribution in [0.25, 0.3) is 0 Å². The summed E-state index contributed by atoms with van der Waals surface area (Å²) in [5.74, 6) is 2.74. The number of alkyl halides is 2. The predicted molar refractivity (Wildman–Crippen MR) is 62.8 cm³/mol. The molecule has 0 amide bonds. The van der Waals surface area contributed by atoms with Gasteiger partial charge in [0.15, 0.2) is 0 Å². The monoisotopic (exact) mass is 239 g/mol. The molecule has 92 valence electrons. The molecule has 0 saturated heterocycles. The van der Waals surface area contributed by atoms with E-state index in [9.17, 15) is 8.78 Å². The van der Waals surface area contributed by atoms with Crippen molar-refractivity contribution in [3.63, 3.8) is 0 Å². The quantitative estimate of drug-likeness (QED) is 0.771. The molecule has 0 radical (unpaired) electrons. The Morgan fingerprint density at radius 2 is 2.00 bits per heavy atom. The number of terminal acetylenes is 1. The maximum atomic E-state index is 11.9. The summed E-state index contributed by atoms with van der Waals surface area (Å²) >= 11 is 0. The molecule has 0 spiro atoms.